The van der Waals surface area contributed by atoms with E-state index in [0.29, 0.717) is 35.9 Å². The number of amides is 2. The Hall–Kier alpha value is -1.62. The maximum Gasteiger partial charge on any atom is 0.229 e. The number of nitrogens with one attached hydrogen (secondary N) is 2. The molecule has 1 unspecified atom stereocenters. The van der Waals surface area contributed by atoms with Crippen LogP contribution in [0.25, 0.3) is 0 Å². The smallest absolute Gasteiger partial charge is 0.229 e. The van der Waals surface area contributed by atoms with Crippen LogP contribution >= 0.6 is 11.6 Å². The van der Waals surface area contributed by atoms with E-state index in [1.165, 1.54) is 0 Å². The summed E-state index contributed by atoms with van der Waals surface area (Å²) in [5, 5.41) is 5.90. The molecule has 2 heterocycles. The molecule has 0 bridgehead atoms. The third-order valence-corrected chi connectivity index (χ3v) is 3.16. The van der Waals surface area contributed by atoms with Gasteiger partial charge in [-0.05, 0) is 25.5 Å². The molecule has 2 amide bonds. The first kappa shape index (κ1) is 12.8. The molecule has 18 heavy (non-hydrogen) atoms. The van der Waals surface area contributed by atoms with Gasteiger partial charge in [0.25, 0.3) is 0 Å². The first-order valence-electron chi connectivity index (χ1n) is 5.77. The number of aryl methyl sites for hydroxylation is 1. The topological polar surface area (TPSA) is 71.1 Å². The van der Waals surface area contributed by atoms with Crippen molar-refractivity contribution < 1.29 is 9.59 Å². The van der Waals surface area contributed by atoms with Gasteiger partial charge in [0.15, 0.2) is 0 Å². The fourth-order valence-electron chi connectivity index (χ4n) is 1.85. The average Bonchev–Trinajstić information content (AvgIpc) is 2.33. The first-order chi connectivity index (χ1) is 8.56. The minimum Gasteiger partial charge on any atom is -0.355 e. The van der Waals surface area contributed by atoms with E-state index >= 15 is 0 Å². The van der Waals surface area contributed by atoms with Gasteiger partial charge in [0.2, 0.25) is 11.8 Å². The Balaban J connectivity index is 2.00. The standard InChI is InChI=1S/C12H14ClN3O2/c1-7-9(3-4-10(13)15-7)16-12(18)8-2-5-11(17)14-6-8/h3-4,8H,2,5-6H2,1H3,(H,14,17)(H,16,18). The molecule has 5 nitrogen and oxygen atoms in total. The second-order valence-electron chi connectivity index (χ2n) is 4.30. The summed E-state index contributed by atoms with van der Waals surface area (Å²) in [7, 11) is 0. The van der Waals surface area contributed by atoms with Gasteiger partial charge >= 0.3 is 0 Å². The molecular formula is C12H14ClN3O2. The van der Waals surface area contributed by atoms with E-state index in [9.17, 15) is 9.59 Å². The normalized spacial score (nSPS) is 19.2. The van der Waals surface area contributed by atoms with Gasteiger partial charge in [0.05, 0.1) is 17.3 Å². The summed E-state index contributed by atoms with van der Waals surface area (Å²) >= 11 is 5.75. The quantitative estimate of drug-likeness (QED) is 0.798. The van der Waals surface area contributed by atoms with Crippen molar-refractivity contribution in [2.24, 2.45) is 5.92 Å². The van der Waals surface area contributed by atoms with Gasteiger partial charge in [-0.2, -0.15) is 0 Å². The monoisotopic (exact) mass is 267 g/mol. The summed E-state index contributed by atoms with van der Waals surface area (Å²) in [5.74, 6) is -0.275. The summed E-state index contributed by atoms with van der Waals surface area (Å²) in [6, 6.07) is 3.36. The minimum atomic E-state index is -0.183. The predicted molar refractivity (Wildman–Crippen MR) is 68.3 cm³/mol. The van der Waals surface area contributed by atoms with Crippen LogP contribution in [0, 0.1) is 12.8 Å². The van der Waals surface area contributed by atoms with Crippen molar-refractivity contribution in [3.8, 4) is 0 Å². The van der Waals surface area contributed by atoms with Gasteiger partial charge in [-0.15, -0.1) is 0 Å². The van der Waals surface area contributed by atoms with E-state index < -0.39 is 0 Å². The molecular weight excluding hydrogens is 254 g/mol. The molecule has 0 aromatic carbocycles. The van der Waals surface area contributed by atoms with Crippen LogP contribution < -0.4 is 10.6 Å². The van der Waals surface area contributed by atoms with Crippen molar-refractivity contribution in [2.75, 3.05) is 11.9 Å². The largest absolute Gasteiger partial charge is 0.355 e. The Bertz CT molecular complexity index is 480. The van der Waals surface area contributed by atoms with Crippen molar-refractivity contribution >= 4 is 29.1 Å². The molecule has 0 saturated carbocycles. The predicted octanol–water partition coefficient (Wildman–Crippen LogP) is 1.51. The zero-order chi connectivity index (χ0) is 13.1. The summed E-state index contributed by atoms with van der Waals surface area (Å²) in [6.07, 6.45) is 0.980. The van der Waals surface area contributed by atoms with Gasteiger partial charge in [-0.3, -0.25) is 9.59 Å². The van der Waals surface area contributed by atoms with Crippen molar-refractivity contribution in [3.63, 3.8) is 0 Å². The van der Waals surface area contributed by atoms with E-state index in [1.807, 2.05) is 0 Å². The van der Waals surface area contributed by atoms with Gasteiger partial charge in [0.1, 0.15) is 5.15 Å². The third kappa shape index (κ3) is 2.98. The minimum absolute atomic E-state index is 0.00314. The lowest BCUT2D eigenvalue weighted by atomic mass is 9.98. The number of carbonyl (C=O) groups excluding carboxylic acids is 2. The third-order valence-electron chi connectivity index (χ3n) is 2.95. The van der Waals surface area contributed by atoms with Crippen molar-refractivity contribution in [2.45, 2.75) is 19.8 Å². The molecule has 1 aromatic heterocycles. The zero-order valence-corrected chi connectivity index (χ0v) is 10.8. The Labute approximate surface area is 110 Å². The average molecular weight is 268 g/mol. The number of piperidine rings is 1. The van der Waals surface area contributed by atoms with E-state index in [0.717, 1.165) is 0 Å². The van der Waals surface area contributed by atoms with Gasteiger partial charge < -0.3 is 10.6 Å². The molecule has 1 fully saturated rings. The molecule has 1 aliphatic heterocycles. The number of rotatable bonds is 2. The number of nitrogens with zero attached hydrogens (tertiary/aromatic N) is 1. The van der Waals surface area contributed by atoms with Crippen LogP contribution in [0.5, 0.6) is 0 Å². The van der Waals surface area contributed by atoms with Gasteiger partial charge in [-0.25, -0.2) is 4.98 Å². The van der Waals surface area contributed by atoms with Crippen LogP contribution in [0.4, 0.5) is 5.69 Å². The van der Waals surface area contributed by atoms with Crippen molar-refractivity contribution in [1.82, 2.24) is 10.3 Å². The molecule has 1 aromatic rings. The highest BCUT2D eigenvalue weighted by Crippen LogP contribution is 2.18. The molecule has 0 aliphatic carbocycles. The Kier molecular flexibility index (Phi) is 3.81. The van der Waals surface area contributed by atoms with Crippen LogP contribution in [-0.2, 0) is 9.59 Å². The van der Waals surface area contributed by atoms with Crippen molar-refractivity contribution in [1.29, 1.82) is 0 Å². The molecule has 2 N–H and O–H groups in total. The molecule has 0 radical (unpaired) electrons. The van der Waals surface area contributed by atoms with Crippen LogP contribution in [-0.4, -0.2) is 23.3 Å². The maximum atomic E-state index is 12.0. The van der Waals surface area contributed by atoms with Gasteiger partial charge in [-0.1, -0.05) is 11.6 Å². The lowest BCUT2D eigenvalue weighted by Gasteiger charge is -2.21. The fourth-order valence-corrected chi connectivity index (χ4v) is 2.04. The number of hydrogen-bond donors (Lipinski definition) is 2. The molecule has 96 valence electrons. The Morgan fingerprint density at radius 2 is 2.33 bits per heavy atom. The number of hydrogen-bond acceptors (Lipinski definition) is 3. The molecule has 0 spiro atoms. The number of halogens is 1. The molecule has 1 aliphatic rings. The van der Waals surface area contributed by atoms with Crippen LogP contribution in [0.3, 0.4) is 0 Å². The summed E-state index contributed by atoms with van der Waals surface area (Å²) in [4.78, 5) is 27.1. The number of anilines is 1. The highest BCUT2D eigenvalue weighted by Gasteiger charge is 2.24. The molecule has 2 rings (SSSR count). The lowest BCUT2D eigenvalue weighted by molar-refractivity contribution is -0.126. The first-order valence-corrected chi connectivity index (χ1v) is 6.15. The molecule has 1 saturated heterocycles. The van der Waals surface area contributed by atoms with Crippen LogP contribution in [0.1, 0.15) is 18.5 Å². The second kappa shape index (κ2) is 5.35. The summed E-state index contributed by atoms with van der Waals surface area (Å²) < 4.78 is 0. The zero-order valence-electron chi connectivity index (χ0n) is 10.00. The highest BCUT2D eigenvalue weighted by atomic mass is 35.5. The highest BCUT2D eigenvalue weighted by molar-refractivity contribution is 6.29. The Morgan fingerprint density at radius 1 is 1.56 bits per heavy atom. The summed E-state index contributed by atoms with van der Waals surface area (Å²) in [6.45, 7) is 2.18. The fraction of sp³-hybridized carbons (Fsp3) is 0.417. The van der Waals surface area contributed by atoms with E-state index in [-0.39, 0.29) is 17.7 Å². The van der Waals surface area contributed by atoms with Crippen LogP contribution in [0.15, 0.2) is 12.1 Å². The van der Waals surface area contributed by atoms with E-state index in [2.05, 4.69) is 15.6 Å². The number of carbonyl (C=O) groups is 2. The number of aromatic nitrogens is 1. The Morgan fingerprint density at radius 3 is 2.94 bits per heavy atom. The van der Waals surface area contributed by atoms with Gasteiger partial charge in [0, 0.05) is 13.0 Å². The number of pyridine rings is 1. The molecule has 6 heteroatoms. The maximum absolute atomic E-state index is 12.0. The molecule has 1 atom stereocenters. The summed E-state index contributed by atoms with van der Waals surface area (Å²) in [5.41, 5.74) is 1.33. The van der Waals surface area contributed by atoms with E-state index in [4.69, 9.17) is 11.6 Å². The SMILES string of the molecule is Cc1nc(Cl)ccc1NC(=O)C1CCC(=O)NC1. The van der Waals surface area contributed by atoms with Crippen molar-refractivity contribution in [3.05, 3.63) is 23.0 Å². The van der Waals surface area contributed by atoms with E-state index in [1.54, 1.807) is 19.1 Å². The lowest BCUT2D eigenvalue weighted by Crippen LogP contribution is -2.40. The van der Waals surface area contributed by atoms with Crippen LogP contribution in [0.2, 0.25) is 5.15 Å². The second-order valence-corrected chi connectivity index (χ2v) is 4.68.